The third kappa shape index (κ3) is 4.71. The molecule has 2 aromatic carbocycles. The topological polar surface area (TPSA) is 87.2 Å². The second-order valence-electron chi connectivity index (χ2n) is 7.63. The molecule has 7 nitrogen and oxygen atoms in total. The lowest BCUT2D eigenvalue weighted by Crippen LogP contribution is -2.36. The summed E-state index contributed by atoms with van der Waals surface area (Å²) in [7, 11) is -4.52. The van der Waals surface area contributed by atoms with Crippen LogP contribution >= 0.6 is 0 Å². The molecule has 1 aromatic heterocycles. The summed E-state index contributed by atoms with van der Waals surface area (Å²) in [5.41, 5.74) is 2.36. The van der Waals surface area contributed by atoms with Gasteiger partial charge in [0.15, 0.2) is 10.7 Å². The summed E-state index contributed by atoms with van der Waals surface area (Å²) in [5.74, 6) is -2.42. The minimum absolute atomic E-state index is 0.00897. The van der Waals surface area contributed by atoms with Crippen LogP contribution in [0.1, 0.15) is 23.1 Å². The molecule has 4 rings (SSSR count). The Balaban J connectivity index is 1.56. The number of sulfonamides is 1. The molecule has 2 heterocycles. The molecule has 1 aliphatic heterocycles. The molecule has 0 bridgehead atoms. The van der Waals surface area contributed by atoms with Crippen LogP contribution in [0.3, 0.4) is 0 Å². The van der Waals surface area contributed by atoms with E-state index in [9.17, 15) is 12.8 Å². The van der Waals surface area contributed by atoms with E-state index in [4.69, 9.17) is 0 Å². The third-order valence-electron chi connectivity index (χ3n) is 5.44. The normalized spacial score (nSPS) is 14.1. The van der Waals surface area contributed by atoms with E-state index in [0.717, 1.165) is 43.2 Å². The van der Waals surface area contributed by atoms with Gasteiger partial charge in [0, 0.05) is 30.5 Å². The summed E-state index contributed by atoms with van der Waals surface area (Å²) in [5, 5.41) is 3.05. The maximum Gasteiger partial charge on any atom is 0.268 e. The molecule has 1 fully saturated rings. The zero-order valence-corrected chi connectivity index (χ0v) is 18.3. The average Bonchev–Trinajstić information content (AvgIpc) is 2.73. The summed E-state index contributed by atoms with van der Waals surface area (Å²) < 4.78 is 57.0. The Morgan fingerprint density at radius 1 is 1.12 bits per heavy atom. The molecule has 32 heavy (non-hydrogen) atoms. The van der Waals surface area contributed by atoms with Crippen molar-refractivity contribution in [3.05, 3.63) is 77.2 Å². The molecule has 1 saturated heterocycles. The van der Waals surface area contributed by atoms with Gasteiger partial charge < -0.3 is 5.32 Å². The minimum Gasteiger partial charge on any atom is -0.381 e. The van der Waals surface area contributed by atoms with Gasteiger partial charge in [-0.15, -0.1) is 0 Å². The smallest absolute Gasteiger partial charge is 0.268 e. The Morgan fingerprint density at radius 3 is 2.53 bits per heavy atom. The highest BCUT2D eigenvalue weighted by Crippen LogP contribution is 2.29. The number of hydrogen-bond acceptors (Lipinski definition) is 6. The van der Waals surface area contributed by atoms with E-state index < -0.39 is 26.6 Å². The van der Waals surface area contributed by atoms with Crippen molar-refractivity contribution in [2.24, 2.45) is 0 Å². The number of rotatable bonds is 8. The minimum atomic E-state index is -4.52. The first-order valence-corrected chi connectivity index (χ1v) is 11.6. The quantitative estimate of drug-likeness (QED) is 0.534. The fourth-order valence-corrected chi connectivity index (χ4v) is 4.72. The van der Waals surface area contributed by atoms with Crippen LogP contribution in [0.15, 0.2) is 53.8 Å². The maximum absolute atomic E-state index is 15.0. The van der Waals surface area contributed by atoms with Crippen LogP contribution in [0.5, 0.6) is 0 Å². The van der Waals surface area contributed by atoms with Crippen LogP contribution in [-0.4, -0.2) is 36.4 Å². The number of likely N-dealkylation sites (tertiary alicyclic amines) is 1. The van der Waals surface area contributed by atoms with Crippen molar-refractivity contribution >= 4 is 21.5 Å². The molecule has 168 valence electrons. The molecule has 0 aliphatic carbocycles. The first-order chi connectivity index (χ1) is 15.3. The molecule has 0 radical (unpaired) electrons. The highest BCUT2D eigenvalue weighted by Gasteiger charge is 2.28. The molecular formula is C22H23F2N5O2S. The number of nitrogens with zero attached hydrogens (tertiary/aromatic N) is 3. The van der Waals surface area contributed by atoms with Gasteiger partial charge in [-0.3, -0.25) is 9.62 Å². The van der Waals surface area contributed by atoms with Gasteiger partial charge in [-0.2, -0.15) is 0 Å². The standard InChI is InChI=1S/C22H23F2N5O2S/c1-15-19(26-12-16-5-2-3-6-17(16)13-29-9-4-10-29)11-18(23)22(21(15)24)32(30,31)28-20-7-8-25-14-27-20/h2-3,5-8,11,14,26H,4,9-10,12-13H2,1H3,(H,25,27,28). The van der Waals surface area contributed by atoms with E-state index in [1.165, 1.54) is 25.6 Å². The molecule has 10 heteroatoms. The van der Waals surface area contributed by atoms with Crippen LogP contribution in [0.4, 0.5) is 20.3 Å². The summed E-state index contributed by atoms with van der Waals surface area (Å²) >= 11 is 0. The van der Waals surface area contributed by atoms with E-state index in [2.05, 4.69) is 24.9 Å². The lowest BCUT2D eigenvalue weighted by molar-refractivity contribution is 0.172. The van der Waals surface area contributed by atoms with Crippen LogP contribution in [0, 0.1) is 18.6 Å². The van der Waals surface area contributed by atoms with Crippen molar-refractivity contribution in [2.45, 2.75) is 31.3 Å². The van der Waals surface area contributed by atoms with Gasteiger partial charge in [0.2, 0.25) is 0 Å². The predicted octanol–water partition coefficient (Wildman–Crippen LogP) is 3.68. The number of aromatic nitrogens is 2. The van der Waals surface area contributed by atoms with Crippen LogP contribution < -0.4 is 10.0 Å². The van der Waals surface area contributed by atoms with Crippen molar-refractivity contribution in [3.8, 4) is 0 Å². The lowest BCUT2D eigenvalue weighted by Gasteiger charge is -2.31. The Labute approximate surface area is 185 Å². The molecule has 0 saturated carbocycles. The molecule has 3 aromatic rings. The van der Waals surface area contributed by atoms with E-state index in [1.54, 1.807) is 0 Å². The van der Waals surface area contributed by atoms with Crippen molar-refractivity contribution in [1.29, 1.82) is 0 Å². The Hall–Kier alpha value is -3.11. The Kier molecular flexibility index (Phi) is 6.33. The molecule has 0 atom stereocenters. The maximum atomic E-state index is 15.0. The van der Waals surface area contributed by atoms with Crippen molar-refractivity contribution in [3.63, 3.8) is 0 Å². The van der Waals surface area contributed by atoms with Gasteiger partial charge in [-0.1, -0.05) is 24.3 Å². The Bertz CT molecular complexity index is 1220. The molecule has 0 spiro atoms. The van der Waals surface area contributed by atoms with Gasteiger partial charge in [-0.05, 0) is 49.7 Å². The lowest BCUT2D eigenvalue weighted by atomic mass is 10.0. The predicted molar refractivity (Wildman–Crippen MR) is 118 cm³/mol. The number of benzene rings is 2. The van der Waals surface area contributed by atoms with E-state index >= 15 is 4.39 Å². The van der Waals surface area contributed by atoms with Crippen LogP contribution in [0.2, 0.25) is 0 Å². The molecule has 2 N–H and O–H groups in total. The highest BCUT2D eigenvalue weighted by atomic mass is 32.2. The fraction of sp³-hybridized carbons (Fsp3) is 0.273. The largest absolute Gasteiger partial charge is 0.381 e. The zero-order chi connectivity index (χ0) is 22.7. The fourth-order valence-electron chi connectivity index (χ4n) is 3.52. The summed E-state index contributed by atoms with van der Waals surface area (Å²) in [6.07, 6.45) is 3.64. The van der Waals surface area contributed by atoms with E-state index in [0.29, 0.717) is 6.54 Å². The van der Waals surface area contributed by atoms with Crippen molar-refractivity contribution in [2.75, 3.05) is 23.1 Å². The first kappa shape index (κ1) is 22.1. The molecule has 0 unspecified atom stereocenters. The van der Waals surface area contributed by atoms with E-state index in [1.807, 2.05) is 24.3 Å². The van der Waals surface area contributed by atoms with Crippen molar-refractivity contribution in [1.82, 2.24) is 14.9 Å². The second-order valence-corrected chi connectivity index (χ2v) is 9.25. The van der Waals surface area contributed by atoms with Gasteiger partial charge in [-0.25, -0.2) is 27.2 Å². The number of halogens is 2. The molecular weight excluding hydrogens is 436 g/mol. The van der Waals surface area contributed by atoms with Gasteiger partial charge in [0.1, 0.15) is 18.0 Å². The molecule has 1 aliphatic rings. The van der Waals surface area contributed by atoms with E-state index in [-0.39, 0.29) is 17.1 Å². The number of anilines is 2. The van der Waals surface area contributed by atoms with Crippen LogP contribution in [-0.2, 0) is 23.1 Å². The van der Waals surface area contributed by atoms with Crippen molar-refractivity contribution < 1.29 is 17.2 Å². The monoisotopic (exact) mass is 459 g/mol. The summed E-state index contributed by atoms with van der Waals surface area (Å²) in [6, 6.07) is 10.2. The third-order valence-corrected chi connectivity index (χ3v) is 6.83. The Morgan fingerprint density at radius 2 is 1.88 bits per heavy atom. The second kappa shape index (κ2) is 9.17. The number of nitrogens with one attached hydrogen (secondary N) is 2. The van der Waals surface area contributed by atoms with Gasteiger partial charge in [0.05, 0.1) is 0 Å². The van der Waals surface area contributed by atoms with Gasteiger partial charge >= 0.3 is 0 Å². The van der Waals surface area contributed by atoms with Gasteiger partial charge in [0.25, 0.3) is 10.0 Å². The first-order valence-electron chi connectivity index (χ1n) is 10.2. The SMILES string of the molecule is Cc1c(NCc2ccccc2CN2CCC2)cc(F)c(S(=O)(=O)Nc2ccncn2)c1F. The number of hydrogen-bond donors (Lipinski definition) is 2. The summed E-state index contributed by atoms with van der Waals surface area (Å²) in [4.78, 5) is 8.69. The highest BCUT2D eigenvalue weighted by molar-refractivity contribution is 7.92. The summed E-state index contributed by atoms with van der Waals surface area (Å²) in [6.45, 7) is 4.72. The average molecular weight is 460 g/mol. The zero-order valence-electron chi connectivity index (χ0n) is 17.5. The molecule has 0 amide bonds. The van der Waals surface area contributed by atoms with Crippen LogP contribution in [0.25, 0.3) is 0 Å².